The highest BCUT2D eigenvalue weighted by Gasteiger charge is 2.21. The van der Waals surface area contributed by atoms with E-state index in [4.69, 9.17) is 5.11 Å². The van der Waals surface area contributed by atoms with Crippen LogP contribution in [0.4, 0.5) is 4.79 Å². The van der Waals surface area contributed by atoms with E-state index in [0.29, 0.717) is 5.56 Å². The molecule has 0 unspecified atom stereocenters. The van der Waals surface area contributed by atoms with Gasteiger partial charge in [-0.2, -0.15) is 0 Å². The average molecular weight is 322 g/mol. The lowest BCUT2D eigenvalue weighted by atomic mass is 10.0. The molecule has 0 aliphatic heterocycles. The Bertz CT molecular complexity index is 647. The van der Waals surface area contributed by atoms with E-state index < -0.39 is 24.1 Å². The summed E-state index contributed by atoms with van der Waals surface area (Å²) in [6, 6.07) is 4.02. The number of rotatable bonds is 6. The molecular formula is C15H14O8. The number of aryl methyl sites for hydroxylation is 1. The largest absolute Gasteiger partial charge is 0.516 e. The van der Waals surface area contributed by atoms with E-state index >= 15 is 0 Å². The molecular weight excluding hydrogens is 308 g/mol. The molecule has 0 fully saturated rings. The van der Waals surface area contributed by atoms with Crippen LogP contribution in [-0.2, 0) is 19.0 Å². The third-order valence-corrected chi connectivity index (χ3v) is 2.52. The number of carbonyl (C=O) groups excluding carboxylic acids is 3. The topological polar surface area (TPSA) is 116 Å². The van der Waals surface area contributed by atoms with Gasteiger partial charge < -0.3 is 19.3 Å². The van der Waals surface area contributed by atoms with Crippen LogP contribution < -0.4 is 0 Å². The fraction of sp³-hybridized carbons (Fsp3) is 0.200. The van der Waals surface area contributed by atoms with Gasteiger partial charge in [0.2, 0.25) is 0 Å². The number of carboxylic acids is 1. The predicted molar refractivity (Wildman–Crippen MR) is 76.1 cm³/mol. The number of carbonyl (C=O) groups is 4. The Morgan fingerprint density at radius 2 is 1.78 bits per heavy atom. The molecule has 8 nitrogen and oxygen atoms in total. The fourth-order valence-corrected chi connectivity index (χ4v) is 1.50. The number of hydrogen-bond donors (Lipinski definition) is 1. The van der Waals surface area contributed by atoms with Crippen molar-refractivity contribution in [2.75, 3.05) is 13.2 Å². The second-order valence-electron chi connectivity index (χ2n) is 4.21. The van der Waals surface area contributed by atoms with Crippen molar-refractivity contribution < 1.29 is 38.5 Å². The molecule has 1 aromatic carbocycles. The molecule has 1 aromatic rings. The van der Waals surface area contributed by atoms with Gasteiger partial charge in [-0.25, -0.2) is 19.2 Å². The zero-order chi connectivity index (χ0) is 17.4. The number of carboxylic acid groups (broad SMARTS) is 1. The predicted octanol–water partition coefficient (Wildman–Crippen LogP) is 1.72. The van der Waals surface area contributed by atoms with Crippen LogP contribution in [-0.4, -0.2) is 42.4 Å². The molecule has 0 spiro atoms. The minimum Gasteiger partial charge on any atom is -0.478 e. The highest BCUT2D eigenvalue weighted by molar-refractivity contribution is 6.04. The Labute approximate surface area is 131 Å². The second-order valence-corrected chi connectivity index (χ2v) is 4.21. The zero-order valence-corrected chi connectivity index (χ0v) is 12.2. The van der Waals surface area contributed by atoms with Crippen LogP contribution in [0.5, 0.6) is 0 Å². The summed E-state index contributed by atoms with van der Waals surface area (Å²) in [5, 5.41) is 9.04. The lowest BCUT2D eigenvalue weighted by Crippen LogP contribution is -2.19. The van der Waals surface area contributed by atoms with Crippen LogP contribution in [0.15, 0.2) is 30.9 Å². The van der Waals surface area contributed by atoms with Gasteiger partial charge in [0.25, 0.3) is 0 Å². The minimum atomic E-state index is -1.33. The summed E-state index contributed by atoms with van der Waals surface area (Å²) in [6.07, 6.45) is -0.395. The smallest absolute Gasteiger partial charge is 0.478 e. The molecule has 8 heteroatoms. The Balaban J connectivity index is 2.59. The number of ether oxygens (including phenoxy) is 3. The first kappa shape index (κ1) is 17.9. The van der Waals surface area contributed by atoms with Crippen LogP contribution in [0.2, 0.25) is 0 Å². The number of esters is 2. The molecule has 0 saturated heterocycles. The van der Waals surface area contributed by atoms with Crippen molar-refractivity contribution in [2.45, 2.75) is 6.92 Å². The van der Waals surface area contributed by atoms with Crippen molar-refractivity contribution in [1.29, 1.82) is 0 Å². The van der Waals surface area contributed by atoms with Gasteiger partial charge in [0.05, 0.1) is 11.1 Å². The van der Waals surface area contributed by atoms with Crippen LogP contribution in [0.3, 0.4) is 0 Å². The number of aromatic carboxylic acids is 1. The third-order valence-electron chi connectivity index (χ3n) is 2.52. The highest BCUT2D eigenvalue weighted by atomic mass is 16.7. The van der Waals surface area contributed by atoms with Crippen LogP contribution in [0.1, 0.15) is 26.3 Å². The molecule has 1 rings (SSSR count). The SMILES string of the molecule is C=CC(=O)OCCOC(=O)OC(=O)c1ccc(C)cc1C(=O)O. The summed E-state index contributed by atoms with van der Waals surface area (Å²) < 4.78 is 13.4. The van der Waals surface area contributed by atoms with E-state index in [2.05, 4.69) is 20.8 Å². The summed E-state index contributed by atoms with van der Waals surface area (Å²) >= 11 is 0. The van der Waals surface area contributed by atoms with Gasteiger partial charge in [-0.3, -0.25) is 0 Å². The van der Waals surface area contributed by atoms with Crippen molar-refractivity contribution in [1.82, 2.24) is 0 Å². The molecule has 0 aliphatic rings. The first-order chi connectivity index (χ1) is 10.8. The summed E-state index contributed by atoms with van der Waals surface area (Å²) in [7, 11) is 0. The van der Waals surface area contributed by atoms with Gasteiger partial charge in [-0.1, -0.05) is 18.2 Å². The highest BCUT2D eigenvalue weighted by Crippen LogP contribution is 2.13. The second kappa shape index (κ2) is 8.32. The molecule has 23 heavy (non-hydrogen) atoms. The zero-order valence-electron chi connectivity index (χ0n) is 12.2. The molecule has 122 valence electrons. The van der Waals surface area contributed by atoms with Crippen molar-refractivity contribution in [3.05, 3.63) is 47.5 Å². The maximum atomic E-state index is 11.8. The van der Waals surface area contributed by atoms with Gasteiger partial charge in [-0.05, 0) is 19.1 Å². The molecule has 0 aliphatic carbocycles. The monoisotopic (exact) mass is 322 g/mol. The first-order valence-electron chi connectivity index (χ1n) is 6.37. The molecule has 0 bridgehead atoms. The van der Waals surface area contributed by atoms with Gasteiger partial charge >= 0.3 is 24.1 Å². The van der Waals surface area contributed by atoms with Crippen molar-refractivity contribution in [2.24, 2.45) is 0 Å². The van der Waals surface area contributed by atoms with E-state index in [0.717, 1.165) is 6.08 Å². The molecule has 0 atom stereocenters. The maximum Gasteiger partial charge on any atom is 0.516 e. The Kier molecular flexibility index (Phi) is 6.47. The molecule has 0 heterocycles. The summed E-state index contributed by atoms with van der Waals surface area (Å²) in [6.45, 7) is 4.26. The lowest BCUT2D eigenvalue weighted by molar-refractivity contribution is -0.138. The normalized spacial score (nSPS) is 9.61. The van der Waals surface area contributed by atoms with Crippen LogP contribution >= 0.6 is 0 Å². The third kappa shape index (κ3) is 5.62. The van der Waals surface area contributed by atoms with E-state index in [1.807, 2.05) is 0 Å². The fourth-order valence-electron chi connectivity index (χ4n) is 1.50. The quantitative estimate of drug-likeness (QED) is 0.364. The van der Waals surface area contributed by atoms with E-state index in [1.54, 1.807) is 6.92 Å². The Hall–Kier alpha value is -3.16. The molecule has 0 aromatic heterocycles. The van der Waals surface area contributed by atoms with Crippen LogP contribution in [0, 0.1) is 6.92 Å². The van der Waals surface area contributed by atoms with Gasteiger partial charge in [0.15, 0.2) is 0 Å². The minimum absolute atomic E-state index is 0.237. The summed E-state index contributed by atoms with van der Waals surface area (Å²) in [4.78, 5) is 44.9. The molecule has 0 saturated carbocycles. The number of benzene rings is 1. The lowest BCUT2D eigenvalue weighted by Gasteiger charge is -2.07. The molecule has 0 amide bonds. The first-order valence-corrected chi connectivity index (χ1v) is 6.37. The van der Waals surface area contributed by atoms with Gasteiger partial charge in [-0.15, -0.1) is 0 Å². The maximum absolute atomic E-state index is 11.8. The van der Waals surface area contributed by atoms with Crippen LogP contribution in [0.25, 0.3) is 0 Å². The van der Waals surface area contributed by atoms with Gasteiger partial charge in [0.1, 0.15) is 13.2 Å². The average Bonchev–Trinajstić information content (AvgIpc) is 2.50. The molecule has 0 radical (unpaired) electrons. The van der Waals surface area contributed by atoms with Crippen molar-refractivity contribution in [3.8, 4) is 0 Å². The summed E-state index contributed by atoms with van der Waals surface area (Å²) in [5.74, 6) is -3.18. The van der Waals surface area contributed by atoms with Crippen molar-refractivity contribution in [3.63, 3.8) is 0 Å². The Morgan fingerprint density at radius 3 is 2.39 bits per heavy atom. The molecule has 1 N–H and O–H groups in total. The van der Waals surface area contributed by atoms with E-state index in [9.17, 15) is 19.2 Å². The van der Waals surface area contributed by atoms with Crippen molar-refractivity contribution >= 4 is 24.1 Å². The standard InChI is InChI=1S/C15H14O8/c1-3-12(16)21-6-7-22-15(20)23-14(19)10-5-4-9(2)8-11(10)13(17)18/h3-5,8H,1,6-7H2,2H3,(H,17,18). The Morgan fingerprint density at radius 1 is 1.13 bits per heavy atom. The van der Waals surface area contributed by atoms with E-state index in [-0.39, 0.29) is 24.3 Å². The summed E-state index contributed by atoms with van der Waals surface area (Å²) in [5.41, 5.74) is 0.0615. The van der Waals surface area contributed by atoms with Gasteiger partial charge in [0, 0.05) is 6.08 Å². The van der Waals surface area contributed by atoms with E-state index in [1.165, 1.54) is 18.2 Å². The number of hydrogen-bond acceptors (Lipinski definition) is 7.